The first kappa shape index (κ1) is 12.3. The van der Waals surface area contributed by atoms with Gasteiger partial charge in [-0.1, -0.05) is 38.7 Å². The summed E-state index contributed by atoms with van der Waals surface area (Å²) in [6.45, 7) is 3.18. The highest BCUT2D eigenvalue weighted by Gasteiger charge is 2.17. The first-order valence-corrected chi connectivity index (χ1v) is 6.72. The average Bonchev–Trinajstić information content (AvgIpc) is 2.32. The van der Waals surface area contributed by atoms with Gasteiger partial charge in [-0.25, -0.2) is 0 Å². The molecule has 2 heteroatoms. The lowest BCUT2D eigenvalue weighted by Gasteiger charge is -2.25. The van der Waals surface area contributed by atoms with Crippen molar-refractivity contribution < 1.29 is 4.74 Å². The molecule has 1 aliphatic carbocycles. The fraction of sp³-hybridized carbons (Fsp3) is 0.600. The van der Waals surface area contributed by atoms with E-state index in [1.165, 1.54) is 32.1 Å². The number of anilines is 1. The molecule has 0 bridgehead atoms. The van der Waals surface area contributed by atoms with Gasteiger partial charge in [0.1, 0.15) is 5.75 Å². The van der Waals surface area contributed by atoms with Gasteiger partial charge in [0.25, 0.3) is 0 Å². The summed E-state index contributed by atoms with van der Waals surface area (Å²) in [5, 5.41) is 0. The van der Waals surface area contributed by atoms with E-state index in [0.717, 1.165) is 29.9 Å². The van der Waals surface area contributed by atoms with Crippen molar-refractivity contribution in [2.45, 2.75) is 39.0 Å². The minimum atomic E-state index is 0.772. The molecule has 0 aliphatic heterocycles. The summed E-state index contributed by atoms with van der Waals surface area (Å²) in [7, 11) is 0. The highest BCUT2D eigenvalue weighted by atomic mass is 16.5. The molecule has 1 saturated carbocycles. The third kappa shape index (κ3) is 3.95. The number of ether oxygens (including phenoxy) is 1. The zero-order valence-electron chi connectivity index (χ0n) is 10.7. The number of hydrogen-bond acceptors (Lipinski definition) is 2. The Morgan fingerprint density at radius 3 is 2.71 bits per heavy atom. The number of benzene rings is 1. The fourth-order valence-electron chi connectivity index (χ4n) is 2.57. The van der Waals surface area contributed by atoms with Crippen LogP contribution in [0.25, 0.3) is 0 Å². The minimum Gasteiger partial charge on any atom is -0.494 e. The maximum Gasteiger partial charge on any atom is 0.121 e. The monoisotopic (exact) mass is 233 g/mol. The molecule has 0 saturated heterocycles. The normalized spacial score (nSPS) is 24.5. The lowest BCUT2D eigenvalue weighted by molar-refractivity contribution is 0.223. The summed E-state index contributed by atoms with van der Waals surface area (Å²) >= 11 is 0. The van der Waals surface area contributed by atoms with E-state index in [0.29, 0.717) is 0 Å². The van der Waals surface area contributed by atoms with Crippen LogP contribution in [-0.2, 0) is 0 Å². The Bertz CT molecular complexity index is 343. The van der Waals surface area contributed by atoms with Gasteiger partial charge in [-0.2, -0.15) is 0 Å². The Hall–Kier alpha value is -1.18. The second-order valence-corrected chi connectivity index (χ2v) is 5.34. The van der Waals surface area contributed by atoms with Crippen molar-refractivity contribution in [3.8, 4) is 5.75 Å². The summed E-state index contributed by atoms with van der Waals surface area (Å²) in [5.41, 5.74) is 6.48. The van der Waals surface area contributed by atoms with Crippen molar-refractivity contribution in [3.63, 3.8) is 0 Å². The predicted molar refractivity (Wildman–Crippen MR) is 72.1 cm³/mol. The van der Waals surface area contributed by atoms with Crippen molar-refractivity contribution in [1.29, 1.82) is 0 Å². The summed E-state index contributed by atoms with van der Waals surface area (Å²) in [6, 6.07) is 7.69. The fourth-order valence-corrected chi connectivity index (χ4v) is 2.57. The van der Waals surface area contributed by atoms with Crippen LogP contribution in [0, 0.1) is 11.8 Å². The van der Waals surface area contributed by atoms with E-state index in [1.54, 1.807) is 0 Å². The van der Waals surface area contributed by atoms with Gasteiger partial charge in [-0.05, 0) is 30.4 Å². The van der Waals surface area contributed by atoms with E-state index in [-0.39, 0.29) is 0 Å². The van der Waals surface area contributed by atoms with Crippen molar-refractivity contribution in [1.82, 2.24) is 0 Å². The van der Waals surface area contributed by atoms with E-state index < -0.39 is 0 Å². The van der Waals surface area contributed by atoms with Gasteiger partial charge in [0.05, 0.1) is 6.61 Å². The van der Waals surface area contributed by atoms with Gasteiger partial charge in [0.2, 0.25) is 0 Å². The van der Waals surface area contributed by atoms with E-state index in [9.17, 15) is 0 Å². The lowest BCUT2D eigenvalue weighted by atomic mass is 9.82. The zero-order valence-corrected chi connectivity index (χ0v) is 10.7. The Morgan fingerprint density at radius 1 is 1.24 bits per heavy atom. The molecule has 1 aliphatic rings. The maximum absolute atomic E-state index is 5.74. The molecule has 0 amide bonds. The van der Waals surface area contributed by atoms with Crippen LogP contribution >= 0.6 is 0 Å². The Morgan fingerprint density at radius 2 is 2.00 bits per heavy atom. The predicted octanol–water partition coefficient (Wildman–Crippen LogP) is 3.86. The first-order chi connectivity index (χ1) is 8.24. The van der Waals surface area contributed by atoms with Crippen LogP contribution in [0.4, 0.5) is 5.69 Å². The van der Waals surface area contributed by atoms with Crippen LogP contribution in [0.5, 0.6) is 5.75 Å². The molecule has 2 rings (SSSR count). The van der Waals surface area contributed by atoms with Crippen molar-refractivity contribution >= 4 is 5.69 Å². The van der Waals surface area contributed by atoms with E-state index in [1.807, 2.05) is 24.3 Å². The molecule has 2 nitrogen and oxygen atoms in total. The van der Waals surface area contributed by atoms with Gasteiger partial charge in [0, 0.05) is 11.8 Å². The summed E-state index contributed by atoms with van der Waals surface area (Å²) < 4.78 is 5.74. The largest absolute Gasteiger partial charge is 0.494 e. The molecule has 1 fully saturated rings. The molecule has 1 aromatic rings. The second-order valence-electron chi connectivity index (χ2n) is 5.34. The molecular formula is C15H23NO. The summed E-state index contributed by atoms with van der Waals surface area (Å²) in [4.78, 5) is 0. The zero-order chi connectivity index (χ0) is 12.1. The van der Waals surface area contributed by atoms with E-state index in [2.05, 4.69) is 6.92 Å². The SMILES string of the molecule is CC1CCC(CCOc2cccc(N)c2)CC1. The first-order valence-electron chi connectivity index (χ1n) is 6.72. The second kappa shape index (κ2) is 5.95. The molecule has 0 aromatic heterocycles. The Labute approximate surface area is 104 Å². The number of hydrogen-bond donors (Lipinski definition) is 1. The maximum atomic E-state index is 5.74. The highest BCUT2D eigenvalue weighted by Crippen LogP contribution is 2.30. The van der Waals surface area contributed by atoms with Crippen LogP contribution in [0.1, 0.15) is 39.0 Å². The quantitative estimate of drug-likeness (QED) is 0.801. The van der Waals surface area contributed by atoms with Gasteiger partial charge in [-0.3, -0.25) is 0 Å². The standard InChI is InChI=1S/C15H23NO/c1-12-5-7-13(8-6-12)9-10-17-15-4-2-3-14(16)11-15/h2-4,11-13H,5-10,16H2,1H3. The van der Waals surface area contributed by atoms with Gasteiger partial charge in [-0.15, -0.1) is 0 Å². The highest BCUT2D eigenvalue weighted by molar-refractivity contribution is 5.43. The molecule has 94 valence electrons. The van der Waals surface area contributed by atoms with Gasteiger partial charge >= 0.3 is 0 Å². The van der Waals surface area contributed by atoms with Crippen LogP contribution < -0.4 is 10.5 Å². The number of rotatable bonds is 4. The number of nitrogen functional groups attached to an aromatic ring is 1. The molecule has 1 aromatic carbocycles. The van der Waals surface area contributed by atoms with Crippen LogP contribution in [-0.4, -0.2) is 6.61 Å². The van der Waals surface area contributed by atoms with E-state index in [4.69, 9.17) is 10.5 Å². The Kier molecular flexibility index (Phi) is 4.29. The molecule has 0 radical (unpaired) electrons. The molecule has 2 N–H and O–H groups in total. The Balaban J connectivity index is 1.69. The van der Waals surface area contributed by atoms with E-state index >= 15 is 0 Å². The van der Waals surface area contributed by atoms with Crippen molar-refractivity contribution in [3.05, 3.63) is 24.3 Å². The van der Waals surface area contributed by atoms with Gasteiger partial charge in [0.15, 0.2) is 0 Å². The molecule has 0 spiro atoms. The third-order valence-electron chi connectivity index (χ3n) is 3.79. The van der Waals surface area contributed by atoms with Crippen molar-refractivity contribution in [2.75, 3.05) is 12.3 Å². The molecule has 17 heavy (non-hydrogen) atoms. The summed E-state index contributed by atoms with van der Waals surface area (Å²) in [5.74, 6) is 2.70. The molecular weight excluding hydrogens is 210 g/mol. The smallest absolute Gasteiger partial charge is 0.121 e. The number of nitrogens with two attached hydrogens (primary N) is 1. The van der Waals surface area contributed by atoms with Crippen LogP contribution in [0.15, 0.2) is 24.3 Å². The van der Waals surface area contributed by atoms with Crippen LogP contribution in [0.2, 0.25) is 0 Å². The lowest BCUT2D eigenvalue weighted by Crippen LogP contribution is -2.15. The molecule has 0 heterocycles. The minimum absolute atomic E-state index is 0.772. The van der Waals surface area contributed by atoms with Crippen LogP contribution in [0.3, 0.4) is 0 Å². The average molecular weight is 233 g/mol. The van der Waals surface area contributed by atoms with Gasteiger partial charge < -0.3 is 10.5 Å². The molecule has 0 atom stereocenters. The summed E-state index contributed by atoms with van der Waals surface area (Å²) in [6.07, 6.45) is 6.72. The molecule has 0 unspecified atom stereocenters. The topological polar surface area (TPSA) is 35.2 Å². The van der Waals surface area contributed by atoms with Crippen molar-refractivity contribution in [2.24, 2.45) is 11.8 Å². The third-order valence-corrected chi connectivity index (χ3v) is 3.79.